The Morgan fingerprint density at radius 3 is 2.57 bits per heavy atom. The van der Waals surface area contributed by atoms with Crippen LogP contribution in [0.5, 0.6) is 0 Å². The fraction of sp³-hybridized carbons (Fsp3) is 0. The van der Waals surface area contributed by atoms with Crippen molar-refractivity contribution >= 4 is 32.6 Å². The largest absolute Gasteiger partial charge is 0.272 e. The maximum atomic E-state index is 6.83. The third-order valence-corrected chi connectivity index (χ3v) is 1.52. The molecule has 0 saturated carbocycles. The molecule has 0 bridgehead atoms. The van der Waals surface area contributed by atoms with Crippen molar-refractivity contribution in [3.05, 3.63) is 4.73 Å². The van der Waals surface area contributed by atoms with Gasteiger partial charge < -0.3 is 0 Å². The van der Waals surface area contributed by atoms with Gasteiger partial charge in [-0.2, -0.15) is 9.36 Å². The molecule has 1 aromatic heterocycles. The van der Waals surface area contributed by atoms with Crippen LogP contribution < -0.4 is 5.73 Å². The Bertz CT molecular complexity index is 145. The van der Waals surface area contributed by atoms with E-state index < -0.39 is 0 Å². The normalized spacial score (nSPS) is 9.29. The molecule has 0 aromatic carbocycles. The van der Waals surface area contributed by atoms with Crippen LogP contribution in [-0.2, 0) is 0 Å². The average Bonchev–Trinajstić information content (AvgIpc) is 1.87. The lowest BCUT2D eigenvalue weighted by molar-refractivity contribution is 1.23. The summed E-state index contributed by atoms with van der Waals surface area (Å²) in [4.78, 5) is 3.60. The number of halogens is 1. The first-order valence-electron chi connectivity index (χ1n) is 1.50. The van der Waals surface area contributed by atoms with Crippen molar-refractivity contribution in [2.75, 3.05) is 0 Å². The fourth-order valence-electron chi connectivity index (χ4n) is 0.206. The molecule has 1 aromatic rings. The molecule has 1 rings (SSSR count). The molecule has 0 atom stereocenters. The fourth-order valence-corrected chi connectivity index (χ4v) is 1.05. The summed E-state index contributed by atoms with van der Waals surface area (Å²) in [5, 5.41) is 0.242. The molecule has 0 spiro atoms. The van der Waals surface area contributed by atoms with E-state index in [4.69, 9.17) is 5.73 Å². The summed E-state index contributed by atoms with van der Waals surface area (Å²) in [5.41, 5.74) is 6.83. The van der Waals surface area contributed by atoms with Crippen LogP contribution >= 0.6 is 27.5 Å². The van der Waals surface area contributed by atoms with Crippen LogP contribution in [-0.4, -0.2) is 9.36 Å². The number of aromatic nitrogens is 2. The van der Waals surface area contributed by atoms with Crippen molar-refractivity contribution in [3.63, 3.8) is 0 Å². The van der Waals surface area contributed by atoms with Crippen molar-refractivity contribution in [2.24, 2.45) is 0 Å². The summed E-state index contributed by atoms with van der Waals surface area (Å²) in [5.74, 6) is 0. The van der Waals surface area contributed by atoms with Gasteiger partial charge >= 0.3 is 0 Å². The third-order valence-electron chi connectivity index (χ3n) is 0.401. The molecule has 0 fully saturated rings. The Morgan fingerprint density at radius 2 is 2.43 bits per heavy atom. The molecule has 3 nitrogen and oxygen atoms in total. The third kappa shape index (κ3) is 1.10. The highest BCUT2D eigenvalue weighted by atomic mass is 79.9. The summed E-state index contributed by atoms with van der Waals surface area (Å²) in [7, 11) is 0. The Labute approximate surface area is 52.9 Å². The van der Waals surface area contributed by atoms with E-state index in [2.05, 4.69) is 25.3 Å². The monoisotopic (exact) mass is 178 g/mol. The molecular weight excluding hydrogens is 178 g/mol. The van der Waals surface area contributed by atoms with Crippen LogP contribution in [0.25, 0.3) is 0 Å². The zero-order valence-electron chi connectivity index (χ0n) is 3.18. The SMILES string of the molecule is [NH]c1nc(Br)ns1. The highest BCUT2D eigenvalue weighted by molar-refractivity contribution is 9.10. The molecule has 0 unspecified atom stereocenters. The van der Waals surface area contributed by atoms with Gasteiger partial charge in [-0.05, 0) is 15.9 Å². The number of hydrogen-bond acceptors (Lipinski definition) is 3. The minimum atomic E-state index is 0.242. The van der Waals surface area contributed by atoms with Gasteiger partial charge in [-0.25, -0.2) is 0 Å². The lowest BCUT2D eigenvalue weighted by atomic mass is 11.2. The summed E-state index contributed by atoms with van der Waals surface area (Å²) < 4.78 is 4.18. The molecule has 0 aliphatic rings. The summed E-state index contributed by atoms with van der Waals surface area (Å²) >= 11 is 4.06. The van der Waals surface area contributed by atoms with Crippen molar-refractivity contribution in [3.8, 4) is 0 Å². The van der Waals surface area contributed by atoms with Crippen LogP contribution in [0.2, 0.25) is 0 Å². The number of nitrogens with zero attached hydrogens (tertiary/aromatic N) is 2. The Kier molecular flexibility index (Phi) is 1.25. The molecule has 7 heavy (non-hydrogen) atoms. The first-order chi connectivity index (χ1) is 3.29. The lowest BCUT2D eigenvalue weighted by Gasteiger charge is -1.65. The van der Waals surface area contributed by atoms with E-state index in [1.54, 1.807) is 0 Å². The highest BCUT2D eigenvalue weighted by Crippen LogP contribution is 2.11. The van der Waals surface area contributed by atoms with E-state index in [0.29, 0.717) is 4.73 Å². The lowest BCUT2D eigenvalue weighted by Crippen LogP contribution is -1.62. The van der Waals surface area contributed by atoms with Gasteiger partial charge in [-0.15, -0.1) is 0 Å². The molecule has 1 N–H and O–H groups in total. The van der Waals surface area contributed by atoms with Crippen molar-refractivity contribution in [1.29, 1.82) is 0 Å². The standard InChI is InChI=1S/C2HBrN3S/c3-1-5-2(4)7-6-1/h4H. The van der Waals surface area contributed by atoms with E-state index in [1.807, 2.05) is 0 Å². The van der Waals surface area contributed by atoms with Gasteiger partial charge in [0.25, 0.3) is 0 Å². The summed E-state index contributed by atoms with van der Waals surface area (Å²) in [6.07, 6.45) is 0. The first kappa shape index (κ1) is 4.99. The number of rotatable bonds is 0. The minimum absolute atomic E-state index is 0.242. The Morgan fingerprint density at radius 1 is 1.71 bits per heavy atom. The molecule has 0 amide bonds. The molecule has 0 aliphatic heterocycles. The van der Waals surface area contributed by atoms with Crippen LogP contribution in [0.15, 0.2) is 4.73 Å². The second kappa shape index (κ2) is 1.75. The van der Waals surface area contributed by atoms with Crippen LogP contribution in [0.1, 0.15) is 0 Å². The molecule has 0 saturated heterocycles. The maximum absolute atomic E-state index is 6.83. The first-order valence-corrected chi connectivity index (χ1v) is 3.06. The van der Waals surface area contributed by atoms with Crippen molar-refractivity contribution in [2.45, 2.75) is 0 Å². The zero-order chi connectivity index (χ0) is 5.28. The van der Waals surface area contributed by atoms with Gasteiger partial charge in [-0.3, -0.25) is 5.73 Å². The summed E-state index contributed by atoms with van der Waals surface area (Å²) in [6, 6.07) is 0. The highest BCUT2D eigenvalue weighted by Gasteiger charge is 1.91. The van der Waals surface area contributed by atoms with E-state index >= 15 is 0 Å². The van der Waals surface area contributed by atoms with Gasteiger partial charge in [0.15, 0.2) is 0 Å². The number of nitrogens with one attached hydrogen (secondary N) is 1. The summed E-state index contributed by atoms with van der Waals surface area (Å²) in [6.45, 7) is 0. The maximum Gasteiger partial charge on any atom is 0.222 e. The van der Waals surface area contributed by atoms with Crippen LogP contribution in [0, 0.1) is 0 Å². The van der Waals surface area contributed by atoms with Gasteiger partial charge in [0.2, 0.25) is 9.87 Å². The second-order valence-electron chi connectivity index (χ2n) is 0.869. The van der Waals surface area contributed by atoms with Gasteiger partial charge in [0.05, 0.1) is 0 Å². The molecular formula is C2HBrN3S. The molecule has 1 radical (unpaired) electrons. The van der Waals surface area contributed by atoms with Crippen molar-refractivity contribution in [1.82, 2.24) is 15.1 Å². The van der Waals surface area contributed by atoms with Gasteiger partial charge in [0.1, 0.15) is 0 Å². The smallest absolute Gasteiger partial charge is 0.222 e. The van der Waals surface area contributed by atoms with E-state index in [-0.39, 0.29) is 5.13 Å². The zero-order valence-corrected chi connectivity index (χ0v) is 5.58. The number of hydrogen-bond donors (Lipinski definition) is 0. The quantitative estimate of drug-likeness (QED) is 0.600. The molecule has 37 valence electrons. The molecule has 1 heterocycles. The van der Waals surface area contributed by atoms with E-state index in [9.17, 15) is 0 Å². The predicted octanol–water partition coefficient (Wildman–Crippen LogP) is 1.21. The van der Waals surface area contributed by atoms with Gasteiger partial charge in [0, 0.05) is 11.5 Å². The topological polar surface area (TPSA) is 49.6 Å². The Hall–Kier alpha value is -0.160. The van der Waals surface area contributed by atoms with Crippen molar-refractivity contribution < 1.29 is 0 Å². The van der Waals surface area contributed by atoms with Crippen LogP contribution in [0.4, 0.5) is 5.13 Å². The molecule has 0 aliphatic carbocycles. The average molecular weight is 179 g/mol. The second-order valence-corrected chi connectivity index (χ2v) is 2.33. The van der Waals surface area contributed by atoms with Crippen LogP contribution in [0.3, 0.4) is 0 Å². The Balaban J connectivity index is 3.04. The van der Waals surface area contributed by atoms with E-state index in [0.717, 1.165) is 11.5 Å². The van der Waals surface area contributed by atoms with Gasteiger partial charge in [-0.1, -0.05) is 0 Å². The molecule has 5 heteroatoms. The van der Waals surface area contributed by atoms with E-state index in [1.165, 1.54) is 0 Å². The predicted molar refractivity (Wildman–Crippen MR) is 30.4 cm³/mol. The minimum Gasteiger partial charge on any atom is -0.272 e.